The maximum absolute atomic E-state index is 13.6. The standard InChI is InChI=1S/C19H17F3N4O4S/c20-11-5-9(6-12(21)15(11)22)13-7-26(25-24-13)16-17(28)14(8-27)30-19(18(16)29)31-10-1-3-23-4-2-10/h1-7,14,16-19,27-29H,8H2/t14?,16?,17-,18-,19+/m0/s1. The minimum atomic E-state index is -1.60. The first-order valence-corrected chi connectivity index (χ1v) is 10.0. The quantitative estimate of drug-likeness (QED) is 0.498. The Kier molecular flexibility index (Phi) is 6.25. The molecule has 0 spiro atoms. The molecule has 2 unspecified atom stereocenters. The SMILES string of the molecule is OCC1O[C@H](Sc2ccncc2)[C@@H](O)C(n2cc(-c3cc(F)c(F)c(F)c3)nn2)[C@H]1O. The molecule has 31 heavy (non-hydrogen) atoms. The lowest BCUT2D eigenvalue weighted by Gasteiger charge is -2.41. The molecule has 1 saturated heterocycles. The Bertz CT molecular complexity index is 1030. The predicted molar refractivity (Wildman–Crippen MR) is 102 cm³/mol. The molecular weight excluding hydrogens is 437 g/mol. The van der Waals surface area contributed by atoms with Crippen LogP contribution in [0.3, 0.4) is 0 Å². The van der Waals surface area contributed by atoms with E-state index in [2.05, 4.69) is 15.3 Å². The van der Waals surface area contributed by atoms with Gasteiger partial charge in [0.2, 0.25) is 0 Å². The second-order valence-corrected chi connectivity index (χ2v) is 8.01. The number of rotatable bonds is 5. The molecule has 0 aliphatic carbocycles. The van der Waals surface area contributed by atoms with E-state index in [9.17, 15) is 28.5 Å². The van der Waals surface area contributed by atoms with Crippen LogP contribution in [0.5, 0.6) is 0 Å². The first-order valence-electron chi connectivity index (χ1n) is 9.15. The van der Waals surface area contributed by atoms with Crippen LogP contribution >= 0.6 is 11.8 Å². The zero-order chi connectivity index (χ0) is 22.1. The number of aromatic nitrogens is 4. The molecule has 4 rings (SSSR count). The molecule has 1 aromatic carbocycles. The summed E-state index contributed by atoms with van der Waals surface area (Å²) in [4.78, 5) is 4.65. The highest BCUT2D eigenvalue weighted by Gasteiger charge is 2.46. The second-order valence-electron chi connectivity index (χ2n) is 6.84. The van der Waals surface area contributed by atoms with Crippen molar-refractivity contribution in [3.05, 3.63) is 60.3 Å². The van der Waals surface area contributed by atoms with Crippen LogP contribution in [0.4, 0.5) is 13.2 Å². The number of aliphatic hydroxyl groups is 3. The smallest absolute Gasteiger partial charge is 0.194 e. The summed E-state index contributed by atoms with van der Waals surface area (Å²) in [6.07, 6.45) is 0.728. The Morgan fingerprint density at radius 3 is 2.39 bits per heavy atom. The van der Waals surface area contributed by atoms with Crippen molar-refractivity contribution in [1.29, 1.82) is 0 Å². The first kappa shape index (κ1) is 21.7. The maximum Gasteiger partial charge on any atom is 0.194 e. The van der Waals surface area contributed by atoms with Crippen molar-refractivity contribution in [2.45, 2.75) is 34.7 Å². The molecule has 1 aliphatic rings. The highest BCUT2D eigenvalue weighted by molar-refractivity contribution is 7.99. The van der Waals surface area contributed by atoms with E-state index >= 15 is 0 Å². The summed E-state index contributed by atoms with van der Waals surface area (Å²) >= 11 is 1.16. The summed E-state index contributed by atoms with van der Waals surface area (Å²) in [5, 5.41) is 38.8. The molecule has 3 heterocycles. The molecule has 0 radical (unpaired) electrons. The molecule has 8 nitrogen and oxygen atoms in total. The fraction of sp³-hybridized carbons (Fsp3) is 0.316. The Balaban J connectivity index is 1.64. The van der Waals surface area contributed by atoms with Gasteiger partial charge in [0.25, 0.3) is 0 Å². The third-order valence-corrected chi connectivity index (χ3v) is 6.01. The average molecular weight is 454 g/mol. The molecule has 2 aromatic heterocycles. The van der Waals surface area contributed by atoms with Gasteiger partial charge in [0.05, 0.1) is 12.8 Å². The third-order valence-electron chi connectivity index (χ3n) is 4.85. The van der Waals surface area contributed by atoms with Gasteiger partial charge in [0, 0.05) is 22.9 Å². The van der Waals surface area contributed by atoms with E-state index in [4.69, 9.17) is 4.74 Å². The predicted octanol–water partition coefficient (Wildman–Crippen LogP) is 1.53. The van der Waals surface area contributed by atoms with E-state index in [1.165, 1.54) is 6.20 Å². The minimum Gasteiger partial charge on any atom is -0.394 e. The van der Waals surface area contributed by atoms with Crippen molar-refractivity contribution in [2.75, 3.05) is 6.61 Å². The Labute approximate surface area is 178 Å². The molecule has 3 aromatic rings. The Morgan fingerprint density at radius 2 is 1.74 bits per heavy atom. The monoisotopic (exact) mass is 454 g/mol. The minimum absolute atomic E-state index is 0.00239. The number of halogens is 3. The fourth-order valence-electron chi connectivity index (χ4n) is 3.29. The highest BCUT2D eigenvalue weighted by Crippen LogP contribution is 2.38. The molecule has 0 bridgehead atoms. The highest BCUT2D eigenvalue weighted by atomic mass is 32.2. The average Bonchev–Trinajstić information content (AvgIpc) is 3.24. The summed E-state index contributed by atoms with van der Waals surface area (Å²) in [7, 11) is 0. The first-order chi connectivity index (χ1) is 14.9. The van der Waals surface area contributed by atoms with E-state index in [-0.39, 0.29) is 11.3 Å². The lowest BCUT2D eigenvalue weighted by atomic mass is 9.97. The number of thioether (sulfide) groups is 1. The van der Waals surface area contributed by atoms with E-state index in [0.717, 1.165) is 33.5 Å². The van der Waals surface area contributed by atoms with Crippen LogP contribution in [-0.4, -0.2) is 65.7 Å². The normalized spacial score (nSPS) is 26.2. The largest absolute Gasteiger partial charge is 0.394 e. The van der Waals surface area contributed by atoms with E-state index in [0.29, 0.717) is 0 Å². The summed E-state index contributed by atoms with van der Waals surface area (Å²) in [5.41, 5.74) is -0.941. The van der Waals surface area contributed by atoms with Crippen molar-refractivity contribution in [3.63, 3.8) is 0 Å². The van der Waals surface area contributed by atoms with Crippen molar-refractivity contribution in [1.82, 2.24) is 20.0 Å². The number of nitrogens with zero attached hydrogens (tertiary/aromatic N) is 4. The fourth-order valence-corrected chi connectivity index (χ4v) is 4.33. The van der Waals surface area contributed by atoms with Crippen LogP contribution in [0, 0.1) is 17.5 Å². The molecule has 0 saturated carbocycles. The van der Waals surface area contributed by atoms with E-state index in [1.807, 2.05) is 0 Å². The molecule has 12 heteroatoms. The van der Waals surface area contributed by atoms with Crippen molar-refractivity contribution >= 4 is 11.8 Å². The maximum atomic E-state index is 13.6. The van der Waals surface area contributed by atoms with Crippen LogP contribution in [0.2, 0.25) is 0 Å². The summed E-state index contributed by atoms with van der Waals surface area (Å²) in [6.45, 7) is -0.520. The van der Waals surface area contributed by atoms with Gasteiger partial charge >= 0.3 is 0 Å². The molecular formula is C19H17F3N4O4S. The molecule has 1 aliphatic heterocycles. The lowest BCUT2D eigenvalue weighted by molar-refractivity contribution is -0.178. The van der Waals surface area contributed by atoms with Crippen molar-refractivity contribution < 1.29 is 33.2 Å². The van der Waals surface area contributed by atoms with Gasteiger partial charge in [-0.25, -0.2) is 17.9 Å². The number of hydrogen-bond acceptors (Lipinski definition) is 8. The topological polar surface area (TPSA) is 114 Å². The lowest BCUT2D eigenvalue weighted by Crippen LogP contribution is -2.55. The van der Waals surface area contributed by atoms with E-state index in [1.54, 1.807) is 24.5 Å². The van der Waals surface area contributed by atoms with Crippen molar-refractivity contribution in [3.8, 4) is 11.3 Å². The van der Waals surface area contributed by atoms with Crippen LogP contribution in [0.25, 0.3) is 11.3 Å². The molecule has 3 N–H and O–H groups in total. The van der Waals surface area contributed by atoms with Gasteiger partial charge in [-0.05, 0) is 24.3 Å². The molecule has 164 valence electrons. The Morgan fingerprint density at radius 1 is 1.06 bits per heavy atom. The van der Waals surface area contributed by atoms with Gasteiger partial charge < -0.3 is 20.1 Å². The van der Waals surface area contributed by atoms with Crippen molar-refractivity contribution in [2.24, 2.45) is 0 Å². The van der Waals surface area contributed by atoms with Crippen LogP contribution in [-0.2, 0) is 4.74 Å². The van der Waals surface area contributed by atoms with Gasteiger partial charge in [0.1, 0.15) is 35.5 Å². The molecule has 1 fully saturated rings. The van der Waals surface area contributed by atoms with Gasteiger partial charge in [-0.1, -0.05) is 17.0 Å². The summed E-state index contributed by atoms with van der Waals surface area (Å²) in [5.74, 6) is -4.37. The van der Waals surface area contributed by atoms with Gasteiger partial charge in [-0.2, -0.15) is 0 Å². The number of hydrogen-bond donors (Lipinski definition) is 3. The second kappa shape index (κ2) is 8.93. The number of aliphatic hydroxyl groups excluding tert-OH is 3. The van der Waals surface area contributed by atoms with Crippen LogP contribution in [0.15, 0.2) is 47.8 Å². The number of ether oxygens (including phenoxy) is 1. The Hall–Kier alpha value is -2.51. The summed E-state index contributed by atoms with van der Waals surface area (Å²) < 4.78 is 47.1. The number of benzene rings is 1. The van der Waals surface area contributed by atoms with Crippen LogP contribution < -0.4 is 0 Å². The molecule has 5 atom stereocenters. The zero-order valence-electron chi connectivity index (χ0n) is 15.7. The third kappa shape index (κ3) is 4.29. The van der Waals surface area contributed by atoms with Gasteiger partial charge in [-0.3, -0.25) is 4.98 Å². The summed E-state index contributed by atoms with van der Waals surface area (Å²) in [6, 6.07) is 3.87. The zero-order valence-corrected chi connectivity index (χ0v) is 16.5. The van der Waals surface area contributed by atoms with Gasteiger partial charge in [-0.15, -0.1) is 5.10 Å². The van der Waals surface area contributed by atoms with Crippen LogP contribution in [0.1, 0.15) is 6.04 Å². The van der Waals surface area contributed by atoms with Gasteiger partial charge in [0.15, 0.2) is 17.5 Å². The number of pyridine rings is 1. The van der Waals surface area contributed by atoms with E-state index < -0.39 is 53.8 Å². The molecule has 0 amide bonds.